The molecule has 0 aromatic carbocycles. The fraction of sp³-hybridized carbons (Fsp3) is 0.750. The molecule has 1 N–H and O–H groups in total. The van der Waals surface area contributed by atoms with Crippen molar-refractivity contribution in [3.05, 3.63) is 17.8 Å². The van der Waals surface area contributed by atoms with Gasteiger partial charge in [-0.05, 0) is 6.92 Å². The molecule has 1 aliphatic heterocycles. The first kappa shape index (κ1) is 12.5. The molecule has 0 aliphatic carbocycles. The average molecular weight is 240 g/mol. The lowest BCUT2D eigenvalue weighted by molar-refractivity contribution is 0.0377. The first-order valence-electron chi connectivity index (χ1n) is 6.16. The van der Waals surface area contributed by atoms with Crippen LogP contribution in [0.25, 0.3) is 0 Å². The van der Waals surface area contributed by atoms with Crippen LogP contribution in [0.4, 0.5) is 0 Å². The van der Waals surface area contributed by atoms with Crippen LogP contribution in [0, 0.1) is 0 Å². The highest BCUT2D eigenvalue weighted by atomic mass is 16.5. The molecular weight excluding hydrogens is 220 g/mol. The maximum atomic E-state index is 9.24. The molecule has 1 aromatic rings. The molecule has 1 aromatic heterocycles. The van der Waals surface area contributed by atoms with Crippen molar-refractivity contribution in [3.8, 4) is 0 Å². The summed E-state index contributed by atoms with van der Waals surface area (Å²) in [4.78, 5) is 6.57. The van der Waals surface area contributed by atoms with Crippen LogP contribution in [0.1, 0.15) is 18.6 Å². The smallest absolute Gasteiger partial charge is 0.195 e. The topological polar surface area (TPSA) is 58.7 Å². The second-order valence-corrected chi connectivity index (χ2v) is 4.48. The van der Waals surface area contributed by atoms with Crippen LogP contribution in [0.5, 0.6) is 0 Å². The highest BCUT2D eigenvalue weighted by molar-refractivity contribution is 4.96. The normalized spacial score (nSPS) is 19.4. The van der Waals surface area contributed by atoms with Gasteiger partial charge < -0.3 is 14.3 Å². The molecular formula is C12H20N2O3. The van der Waals surface area contributed by atoms with Gasteiger partial charge in [0.2, 0.25) is 0 Å². The molecule has 1 atom stereocenters. The third-order valence-electron chi connectivity index (χ3n) is 2.84. The van der Waals surface area contributed by atoms with Crippen molar-refractivity contribution < 1.29 is 14.3 Å². The van der Waals surface area contributed by atoms with E-state index < -0.39 is 0 Å². The fourth-order valence-electron chi connectivity index (χ4n) is 1.93. The van der Waals surface area contributed by atoms with E-state index >= 15 is 0 Å². The van der Waals surface area contributed by atoms with Crippen LogP contribution < -0.4 is 0 Å². The summed E-state index contributed by atoms with van der Waals surface area (Å²) in [5.41, 5.74) is 0. The largest absolute Gasteiger partial charge is 0.446 e. The third-order valence-corrected chi connectivity index (χ3v) is 2.84. The number of ether oxygens (including phenoxy) is 1. The molecule has 0 radical (unpaired) electrons. The highest BCUT2D eigenvalue weighted by Crippen LogP contribution is 2.08. The Labute approximate surface area is 101 Å². The zero-order chi connectivity index (χ0) is 12.1. The van der Waals surface area contributed by atoms with Gasteiger partial charge in [-0.25, -0.2) is 4.98 Å². The van der Waals surface area contributed by atoms with E-state index in [1.165, 1.54) is 0 Å². The lowest BCUT2D eigenvalue weighted by atomic mass is 10.2. The van der Waals surface area contributed by atoms with Crippen molar-refractivity contribution >= 4 is 0 Å². The SMILES string of the molecule is CC(O)Cc1cnc(CCN2CCOCC2)o1. The van der Waals surface area contributed by atoms with Crippen molar-refractivity contribution in [2.75, 3.05) is 32.8 Å². The average Bonchev–Trinajstić information content (AvgIpc) is 2.75. The quantitative estimate of drug-likeness (QED) is 0.811. The lowest BCUT2D eigenvalue weighted by Crippen LogP contribution is -2.37. The minimum absolute atomic E-state index is 0.380. The maximum absolute atomic E-state index is 9.24. The van der Waals surface area contributed by atoms with Crippen LogP contribution in [0.2, 0.25) is 0 Å². The Kier molecular flexibility index (Phi) is 4.53. The van der Waals surface area contributed by atoms with Crippen LogP contribution in [0.15, 0.2) is 10.6 Å². The maximum Gasteiger partial charge on any atom is 0.195 e. The Hall–Kier alpha value is -0.910. The van der Waals surface area contributed by atoms with Crippen molar-refractivity contribution in [1.29, 1.82) is 0 Å². The molecule has 1 fully saturated rings. The zero-order valence-corrected chi connectivity index (χ0v) is 10.3. The molecule has 0 saturated carbocycles. The summed E-state index contributed by atoms with van der Waals surface area (Å²) in [5.74, 6) is 1.52. The first-order valence-corrected chi connectivity index (χ1v) is 6.16. The van der Waals surface area contributed by atoms with Crippen LogP contribution >= 0.6 is 0 Å². The van der Waals surface area contributed by atoms with Gasteiger partial charge in [0.25, 0.3) is 0 Å². The molecule has 1 aliphatic rings. The van der Waals surface area contributed by atoms with Gasteiger partial charge in [-0.3, -0.25) is 4.90 Å². The van der Waals surface area contributed by atoms with E-state index in [-0.39, 0.29) is 6.10 Å². The fourth-order valence-corrected chi connectivity index (χ4v) is 1.93. The van der Waals surface area contributed by atoms with E-state index in [0.717, 1.165) is 50.9 Å². The zero-order valence-electron chi connectivity index (χ0n) is 10.3. The summed E-state index contributed by atoms with van der Waals surface area (Å²) in [7, 11) is 0. The number of aliphatic hydroxyl groups excluding tert-OH is 1. The molecule has 5 heteroatoms. The molecule has 2 rings (SSSR count). The lowest BCUT2D eigenvalue weighted by Gasteiger charge is -2.25. The number of hydrogen-bond donors (Lipinski definition) is 1. The van der Waals surface area contributed by atoms with E-state index in [4.69, 9.17) is 9.15 Å². The summed E-state index contributed by atoms with van der Waals surface area (Å²) < 4.78 is 10.8. The summed E-state index contributed by atoms with van der Waals surface area (Å²) in [6, 6.07) is 0. The summed E-state index contributed by atoms with van der Waals surface area (Å²) in [5, 5.41) is 9.24. The van der Waals surface area contributed by atoms with Gasteiger partial charge in [-0.2, -0.15) is 0 Å². The molecule has 0 bridgehead atoms. The van der Waals surface area contributed by atoms with Gasteiger partial charge >= 0.3 is 0 Å². The molecule has 5 nitrogen and oxygen atoms in total. The van der Waals surface area contributed by atoms with E-state index in [1.807, 2.05) is 0 Å². The van der Waals surface area contributed by atoms with Crippen molar-refractivity contribution in [1.82, 2.24) is 9.88 Å². The van der Waals surface area contributed by atoms with Gasteiger partial charge in [-0.15, -0.1) is 0 Å². The second kappa shape index (κ2) is 6.14. The number of oxazole rings is 1. The van der Waals surface area contributed by atoms with Gasteiger partial charge in [0.15, 0.2) is 5.89 Å². The molecule has 0 spiro atoms. The standard InChI is InChI=1S/C12H20N2O3/c1-10(15)8-11-9-13-12(17-11)2-3-14-4-6-16-7-5-14/h9-10,15H,2-8H2,1H3. The number of rotatable bonds is 5. The molecule has 0 amide bonds. The van der Waals surface area contributed by atoms with E-state index in [0.29, 0.717) is 6.42 Å². The van der Waals surface area contributed by atoms with Gasteiger partial charge in [-0.1, -0.05) is 0 Å². The van der Waals surface area contributed by atoms with Crippen molar-refractivity contribution in [2.45, 2.75) is 25.9 Å². The minimum atomic E-state index is -0.380. The molecule has 2 heterocycles. The van der Waals surface area contributed by atoms with Gasteiger partial charge in [0.1, 0.15) is 5.76 Å². The molecule has 96 valence electrons. The number of aromatic nitrogens is 1. The van der Waals surface area contributed by atoms with Crippen molar-refractivity contribution in [2.24, 2.45) is 0 Å². The van der Waals surface area contributed by atoms with Crippen LogP contribution in [-0.2, 0) is 17.6 Å². The predicted octanol–water partition coefficient (Wildman–Crippen LogP) is 0.473. The highest BCUT2D eigenvalue weighted by Gasteiger charge is 2.12. The molecule has 1 unspecified atom stereocenters. The summed E-state index contributed by atoms with van der Waals surface area (Å²) in [6.45, 7) is 6.31. The van der Waals surface area contributed by atoms with E-state index in [2.05, 4.69) is 9.88 Å². The Morgan fingerprint density at radius 1 is 1.47 bits per heavy atom. The Morgan fingerprint density at radius 2 is 2.24 bits per heavy atom. The Morgan fingerprint density at radius 3 is 2.94 bits per heavy atom. The van der Waals surface area contributed by atoms with E-state index in [9.17, 15) is 5.11 Å². The minimum Gasteiger partial charge on any atom is -0.446 e. The monoisotopic (exact) mass is 240 g/mol. The van der Waals surface area contributed by atoms with Crippen LogP contribution in [-0.4, -0.2) is 53.9 Å². The second-order valence-electron chi connectivity index (χ2n) is 4.48. The van der Waals surface area contributed by atoms with Gasteiger partial charge in [0.05, 0.1) is 25.5 Å². The number of nitrogens with zero attached hydrogens (tertiary/aromatic N) is 2. The number of aliphatic hydroxyl groups is 1. The van der Waals surface area contributed by atoms with Crippen LogP contribution in [0.3, 0.4) is 0 Å². The Balaban J connectivity index is 1.76. The predicted molar refractivity (Wildman–Crippen MR) is 62.9 cm³/mol. The van der Waals surface area contributed by atoms with Gasteiger partial charge in [0, 0.05) is 32.5 Å². The first-order chi connectivity index (χ1) is 8.24. The Bertz CT molecular complexity index is 332. The number of hydrogen-bond acceptors (Lipinski definition) is 5. The summed E-state index contributed by atoms with van der Waals surface area (Å²) in [6.07, 6.45) is 2.68. The summed E-state index contributed by atoms with van der Waals surface area (Å²) >= 11 is 0. The van der Waals surface area contributed by atoms with E-state index in [1.54, 1.807) is 13.1 Å². The molecule has 1 saturated heterocycles. The third kappa shape index (κ3) is 4.11. The molecule has 17 heavy (non-hydrogen) atoms. The number of morpholine rings is 1. The van der Waals surface area contributed by atoms with Crippen molar-refractivity contribution in [3.63, 3.8) is 0 Å².